The minimum absolute atomic E-state index is 0.370. The first-order valence-corrected chi connectivity index (χ1v) is 6.56. The highest BCUT2D eigenvalue weighted by Gasteiger charge is 2.09. The van der Waals surface area contributed by atoms with Crippen molar-refractivity contribution in [3.63, 3.8) is 0 Å². The molecule has 2 rings (SSSR count). The van der Waals surface area contributed by atoms with Gasteiger partial charge >= 0.3 is 0 Å². The summed E-state index contributed by atoms with van der Waals surface area (Å²) < 4.78 is 11.1. The molecule has 0 aliphatic carbocycles. The molecule has 1 aromatic carbocycles. The zero-order valence-electron chi connectivity index (χ0n) is 12.3. The maximum absolute atomic E-state index is 8.81. The highest BCUT2D eigenvalue weighted by Crippen LogP contribution is 2.29. The van der Waals surface area contributed by atoms with Crippen LogP contribution in [0.1, 0.15) is 23.7 Å². The number of oxime groups is 1. The SMILES string of the molecule is COc1cc(/C(C)=N/O)ccc1OCc1ncccc1C. The standard InChI is InChI=1S/C16H18N2O3/c1-11-5-4-8-17-14(11)10-21-15-7-6-13(12(2)18-19)9-16(15)20-3/h4-9,19H,10H2,1-3H3/b18-12+. The van der Waals surface area contributed by atoms with E-state index in [1.807, 2.05) is 25.1 Å². The lowest BCUT2D eigenvalue weighted by molar-refractivity contribution is 0.280. The maximum Gasteiger partial charge on any atom is 0.161 e. The Labute approximate surface area is 123 Å². The van der Waals surface area contributed by atoms with Gasteiger partial charge in [0, 0.05) is 11.8 Å². The van der Waals surface area contributed by atoms with E-state index in [2.05, 4.69) is 10.1 Å². The predicted molar refractivity (Wildman–Crippen MR) is 80.3 cm³/mol. The molecule has 110 valence electrons. The zero-order chi connectivity index (χ0) is 15.2. The number of ether oxygens (including phenoxy) is 2. The molecule has 0 saturated carbocycles. The molecule has 2 aromatic rings. The van der Waals surface area contributed by atoms with Crippen LogP contribution in [-0.4, -0.2) is 23.0 Å². The van der Waals surface area contributed by atoms with E-state index in [1.54, 1.807) is 32.4 Å². The quantitative estimate of drug-likeness (QED) is 0.521. The smallest absolute Gasteiger partial charge is 0.161 e. The van der Waals surface area contributed by atoms with Crippen molar-refractivity contribution >= 4 is 5.71 Å². The molecule has 5 heteroatoms. The van der Waals surface area contributed by atoms with Crippen LogP contribution in [0.2, 0.25) is 0 Å². The third-order valence-corrected chi connectivity index (χ3v) is 3.21. The van der Waals surface area contributed by atoms with Gasteiger partial charge in [0.15, 0.2) is 11.5 Å². The Morgan fingerprint density at radius 1 is 1.29 bits per heavy atom. The lowest BCUT2D eigenvalue weighted by atomic mass is 10.1. The van der Waals surface area contributed by atoms with E-state index in [4.69, 9.17) is 14.7 Å². The van der Waals surface area contributed by atoms with Gasteiger partial charge in [-0.1, -0.05) is 11.2 Å². The number of benzene rings is 1. The summed E-state index contributed by atoms with van der Waals surface area (Å²) in [4.78, 5) is 4.29. The fraction of sp³-hybridized carbons (Fsp3) is 0.250. The molecular weight excluding hydrogens is 268 g/mol. The fourth-order valence-corrected chi connectivity index (χ4v) is 1.89. The van der Waals surface area contributed by atoms with Gasteiger partial charge in [0.05, 0.1) is 18.5 Å². The van der Waals surface area contributed by atoms with Crippen molar-refractivity contribution in [1.29, 1.82) is 0 Å². The third kappa shape index (κ3) is 3.51. The molecule has 0 fully saturated rings. The number of hydrogen-bond acceptors (Lipinski definition) is 5. The molecule has 0 saturated heterocycles. The Bertz CT molecular complexity index is 654. The first-order valence-electron chi connectivity index (χ1n) is 6.56. The van der Waals surface area contributed by atoms with Crippen LogP contribution in [0, 0.1) is 6.92 Å². The van der Waals surface area contributed by atoms with Crippen LogP contribution < -0.4 is 9.47 Å². The minimum Gasteiger partial charge on any atom is -0.493 e. The topological polar surface area (TPSA) is 63.9 Å². The molecule has 0 spiro atoms. The molecule has 5 nitrogen and oxygen atoms in total. The third-order valence-electron chi connectivity index (χ3n) is 3.21. The molecule has 0 amide bonds. The summed E-state index contributed by atoms with van der Waals surface area (Å²) in [6.07, 6.45) is 1.74. The van der Waals surface area contributed by atoms with E-state index in [-0.39, 0.29) is 0 Å². The van der Waals surface area contributed by atoms with Crippen molar-refractivity contribution in [2.45, 2.75) is 20.5 Å². The van der Waals surface area contributed by atoms with Crippen molar-refractivity contribution in [3.8, 4) is 11.5 Å². The molecule has 0 radical (unpaired) electrons. The summed E-state index contributed by atoms with van der Waals surface area (Å²) in [5.41, 5.74) is 3.25. The van der Waals surface area contributed by atoms with Crippen LogP contribution in [0.25, 0.3) is 0 Å². The van der Waals surface area contributed by atoms with E-state index >= 15 is 0 Å². The molecule has 1 N–H and O–H groups in total. The zero-order valence-corrected chi connectivity index (χ0v) is 12.3. The van der Waals surface area contributed by atoms with E-state index in [0.29, 0.717) is 23.8 Å². The number of aryl methyl sites for hydroxylation is 1. The molecular formula is C16H18N2O3. The molecule has 0 aliphatic rings. The van der Waals surface area contributed by atoms with Crippen LogP contribution in [0.15, 0.2) is 41.7 Å². The van der Waals surface area contributed by atoms with Gasteiger partial charge in [-0.05, 0) is 43.7 Å². The average molecular weight is 286 g/mol. The summed E-state index contributed by atoms with van der Waals surface area (Å²) in [7, 11) is 1.57. The molecule has 0 bridgehead atoms. The van der Waals surface area contributed by atoms with Gasteiger partial charge in [-0.25, -0.2) is 0 Å². The minimum atomic E-state index is 0.370. The van der Waals surface area contributed by atoms with Gasteiger partial charge in [0.25, 0.3) is 0 Å². The van der Waals surface area contributed by atoms with Crippen molar-refractivity contribution in [1.82, 2.24) is 4.98 Å². The maximum atomic E-state index is 8.81. The van der Waals surface area contributed by atoms with Crippen LogP contribution in [0.5, 0.6) is 11.5 Å². The lowest BCUT2D eigenvalue weighted by Crippen LogP contribution is -2.03. The molecule has 1 heterocycles. The molecule has 1 aromatic heterocycles. The Kier molecular flexibility index (Phi) is 4.77. The van der Waals surface area contributed by atoms with Crippen LogP contribution in [-0.2, 0) is 6.61 Å². The van der Waals surface area contributed by atoms with Crippen molar-refractivity contribution < 1.29 is 14.7 Å². The second kappa shape index (κ2) is 6.74. The summed E-state index contributed by atoms with van der Waals surface area (Å²) in [5.74, 6) is 1.21. The number of methoxy groups -OCH3 is 1. The van der Waals surface area contributed by atoms with Crippen molar-refractivity contribution in [3.05, 3.63) is 53.3 Å². The predicted octanol–water partition coefficient (Wildman–Crippen LogP) is 3.18. The molecule has 21 heavy (non-hydrogen) atoms. The van der Waals surface area contributed by atoms with Crippen LogP contribution >= 0.6 is 0 Å². The van der Waals surface area contributed by atoms with E-state index in [0.717, 1.165) is 16.8 Å². The fourth-order valence-electron chi connectivity index (χ4n) is 1.89. The van der Waals surface area contributed by atoms with Gasteiger partial charge in [-0.15, -0.1) is 0 Å². The van der Waals surface area contributed by atoms with Crippen molar-refractivity contribution in [2.24, 2.45) is 5.16 Å². The first kappa shape index (κ1) is 14.8. The average Bonchev–Trinajstić information content (AvgIpc) is 2.53. The van der Waals surface area contributed by atoms with E-state index < -0.39 is 0 Å². The summed E-state index contributed by atoms with van der Waals surface area (Å²) in [6, 6.07) is 9.27. The number of hydrogen-bond donors (Lipinski definition) is 1. The largest absolute Gasteiger partial charge is 0.493 e. The molecule has 0 unspecified atom stereocenters. The highest BCUT2D eigenvalue weighted by molar-refractivity contribution is 5.98. The molecule has 0 aliphatic heterocycles. The second-order valence-corrected chi connectivity index (χ2v) is 4.61. The summed E-state index contributed by atoms with van der Waals surface area (Å²) >= 11 is 0. The number of nitrogens with zero attached hydrogens (tertiary/aromatic N) is 2. The Morgan fingerprint density at radius 2 is 2.10 bits per heavy atom. The Balaban J connectivity index is 2.19. The first-order chi connectivity index (χ1) is 10.2. The molecule has 0 atom stereocenters. The van der Waals surface area contributed by atoms with Crippen molar-refractivity contribution in [2.75, 3.05) is 7.11 Å². The monoisotopic (exact) mass is 286 g/mol. The van der Waals surface area contributed by atoms with E-state index in [9.17, 15) is 0 Å². The van der Waals surface area contributed by atoms with Gasteiger partial charge in [0.1, 0.15) is 6.61 Å². The Hall–Kier alpha value is -2.56. The Morgan fingerprint density at radius 3 is 2.76 bits per heavy atom. The van der Waals surface area contributed by atoms with Crippen LogP contribution in [0.4, 0.5) is 0 Å². The van der Waals surface area contributed by atoms with Gasteiger partial charge in [-0.2, -0.15) is 0 Å². The van der Waals surface area contributed by atoms with Crippen LogP contribution in [0.3, 0.4) is 0 Å². The second-order valence-electron chi connectivity index (χ2n) is 4.61. The highest BCUT2D eigenvalue weighted by atomic mass is 16.5. The normalized spacial score (nSPS) is 11.3. The summed E-state index contributed by atoms with van der Waals surface area (Å²) in [6.45, 7) is 4.08. The van der Waals surface area contributed by atoms with Gasteiger partial charge < -0.3 is 14.7 Å². The van der Waals surface area contributed by atoms with Gasteiger partial charge in [0.2, 0.25) is 0 Å². The lowest BCUT2D eigenvalue weighted by Gasteiger charge is -2.12. The van der Waals surface area contributed by atoms with Gasteiger partial charge in [-0.3, -0.25) is 4.98 Å². The van der Waals surface area contributed by atoms with E-state index in [1.165, 1.54) is 0 Å². The summed E-state index contributed by atoms with van der Waals surface area (Å²) in [5, 5.41) is 12.0. The number of pyridine rings is 1. The number of rotatable bonds is 5. The number of aromatic nitrogens is 1.